The Kier molecular flexibility index (Phi) is 3.10. The summed E-state index contributed by atoms with van der Waals surface area (Å²) in [6.07, 6.45) is 0.0560. The second-order valence-electron chi connectivity index (χ2n) is 3.68. The van der Waals surface area contributed by atoms with Crippen molar-refractivity contribution in [3.63, 3.8) is 0 Å². The molecule has 1 heterocycles. The highest BCUT2D eigenvalue weighted by Crippen LogP contribution is 2.27. The van der Waals surface area contributed by atoms with Gasteiger partial charge in [-0.3, -0.25) is 9.97 Å². The van der Waals surface area contributed by atoms with E-state index < -0.39 is 11.8 Å². The summed E-state index contributed by atoms with van der Waals surface area (Å²) in [5.74, 6) is 0. The van der Waals surface area contributed by atoms with Gasteiger partial charge < -0.3 is 5.73 Å². The number of hydrogen-bond acceptors (Lipinski definition) is 3. The number of aromatic nitrogens is 2. The van der Waals surface area contributed by atoms with Crippen molar-refractivity contribution in [2.45, 2.75) is 25.7 Å². The van der Waals surface area contributed by atoms with E-state index in [9.17, 15) is 8.78 Å². The second kappa shape index (κ2) is 3.96. The van der Waals surface area contributed by atoms with Gasteiger partial charge in [-0.15, -0.1) is 0 Å². The predicted octanol–water partition coefficient (Wildman–Crippen LogP) is 1.65. The molecule has 0 aliphatic rings. The van der Waals surface area contributed by atoms with Crippen molar-refractivity contribution in [2.75, 3.05) is 6.54 Å². The lowest BCUT2D eigenvalue weighted by atomic mass is 9.88. The van der Waals surface area contributed by atoms with Gasteiger partial charge in [0.05, 0.1) is 5.69 Å². The van der Waals surface area contributed by atoms with Crippen molar-refractivity contribution in [2.24, 2.45) is 5.73 Å². The van der Waals surface area contributed by atoms with Crippen molar-refractivity contribution in [1.29, 1.82) is 0 Å². The van der Waals surface area contributed by atoms with Crippen LogP contribution in [0.4, 0.5) is 8.78 Å². The summed E-state index contributed by atoms with van der Waals surface area (Å²) in [5, 5.41) is 0. The van der Waals surface area contributed by atoms with Gasteiger partial charge in [-0.2, -0.15) is 0 Å². The van der Waals surface area contributed by atoms with Gasteiger partial charge in [-0.05, 0) is 0 Å². The fraction of sp³-hybridized carbons (Fsp3) is 0.556. The van der Waals surface area contributed by atoms with Gasteiger partial charge in [0.2, 0.25) is 0 Å². The maximum atomic E-state index is 12.6. The van der Waals surface area contributed by atoms with Crippen LogP contribution in [0.1, 0.15) is 31.7 Å². The number of nitrogens with two attached hydrogens (primary N) is 1. The molecule has 0 unspecified atom stereocenters. The molecule has 0 atom stereocenters. The maximum absolute atomic E-state index is 12.6. The number of hydrogen-bond donors (Lipinski definition) is 1. The Hall–Kier alpha value is -1.10. The first-order valence-corrected chi connectivity index (χ1v) is 4.28. The molecule has 14 heavy (non-hydrogen) atoms. The first-order chi connectivity index (χ1) is 6.49. The van der Waals surface area contributed by atoms with E-state index in [-0.39, 0.29) is 17.9 Å². The van der Waals surface area contributed by atoms with Crippen LogP contribution < -0.4 is 5.73 Å². The van der Waals surface area contributed by atoms with Crippen LogP contribution >= 0.6 is 0 Å². The minimum absolute atomic E-state index is 0.255. The van der Waals surface area contributed by atoms with Gasteiger partial charge in [0.25, 0.3) is 6.43 Å². The van der Waals surface area contributed by atoms with Crippen LogP contribution in [0.5, 0.6) is 0 Å². The van der Waals surface area contributed by atoms with Crippen LogP contribution in [0.3, 0.4) is 0 Å². The minimum atomic E-state index is -2.61. The van der Waals surface area contributed by atoms with Crippen LogP contribution in [0.15, 0.2) is 12.4 Å². The summed E-state index contributed by atoms with van der Waals surface area (Å²) in [7, 11) is 0. The van der Waals surface area contributed by atoms with E-state index in [4.69, 9.17) is 5.73 Å². The fourth-order valence-corrected chi connectivity index (χ4v) is 1.13. The zero-order valence-corrected chi connectivity index (χ0v) is 8.17. The third-order valence-electron chi connectivity index (χ3n) is 2.08. The van der Waals surface area contributed by atoms with Gasteiger partial charge in [-0.1, -0.05) is 13.8 Å². The molecule has 1 rings (SSSR count). The van der Waals surface area contributed by atoms with E-state index in [1.165, 1.54) is 12.4 Å². The summed E-state index contributed by atoms with van der Waals surface area (Å²) in [6, 6.07) is 0. The molecule has 78 valence electrons. The van der Waals surface area contributed by atoms with Crippen LogP contribution in [-0.4, -0.2) is 16.5 Å². The largest absolute Gasteiger partial charge is 0.330 e. The summed E-state index contributed by atoms with van der Waals surface area (Å²) < 4.78 is 25.1. The van der Waals surface area contributed by atoms with Gasteiger partial charge in [0.1, 0.15) is 5.69 Å². The number of nitrogens with zero attached hydrogens (tertiary/aromatic N) is 2. The third-order valence-corrected chi connectivity index (χ3v) is 2.08. The zero-order valence-electron chi connectivity index (χ0n) is 8.17. The molecule has 0 amide bonds. The average molecular weight is 201 g/mol. The molecule has 2 N–H and O–H groups in total. The lowest BCUT2D eigenvalue weighted by molar-refractivity contribution is 0.142. The lowest BCUT2D eigenvalue weighted by Gasteiger charge is -2.23. The van der Waals surface area contributed by atoms with Gasteiger partial charge in [0, 0.05) is 24.4 Å². The quantitative estimate of drug-likeness (QED) is 0.809. The van der Waals surface area contributed by atoms with Crippen molar-refractivity contribution in [1.82, 2.24) is 9.97 Å². The van der Waals surface area contributed by atoms with Crippen LogP contribution in [0.2, 0.25) is 0 Å². The average Bonchev–Trinajstić information content (AvgIpc) is 2.18. The summed E-state index contributed by atoms with van der Waals surface area (Å²) >= 11 is 0. The third kappa shape index (κ3) is 2.04. The topological polar surface area (TPSA) is 51.8 Å². The van der Waals surface area contributed by atoms with Gasteiger partial charge in [-0.25, -0.2) is 8.78 Å². The van der Waals surface area contributed by atoms with Gasteiger partial charge >= 0.3 is 0 Å². The maximum Gasteiger partial charge on any atom is 0.282 e. The SMILES string of the molecule is CC(C)(CN)c1nccnc1C(F)F. The number of rotatable bonds is 3. The minimum Gasteiger partial charge on any atom is -0.330 e. The number of halogens is 2. The molecule has 3 nitrogen and oxygen atoms in total. The summed E-state index contributed by atoms with van der Waals surface area (Å²) in [5.41, 5.74) is 4.93. The normalized spacial score (nSPS) is 12.1. The van der Waals surface area contributed by atoms with E-state index >= 15 is 0 Å². The molecule has 0 bridgehead atoms. The van der Waals surface area contributed by atoms with Crippen LogP contribution in [0.25, 0.3) is 0 Å². The van der Waals surface area contributed by atoms with E-state index in [0.717, 1.165) is 0 Å². The molecule has 0 saturated carbocycles. The fourth-order valence-electron chi connectivity index (χ4n) is 1.13. The summed E-state index contributed by atoms with van der Waals surface area (Å²) in [6.45, 7) is 3.79. The molecule has 0 spiro atoms. The van der Waals surface area contributed by atoms with E-state index in [2.05, 4.69) is 9.97 Å². The van der Waals surface area contributed by atoms with E-state index in [0.29, 0.717) is 0 Å². The Morgan fingerprint density at radius 3 is 2.43 bits per heavy atom. The molecular formula is C9H13F2N3. The Labute approximate surface area is 81.4 Å². The monoisotopic (exact) mass is 201 g/mol. The Morgan fingerprint density at radius 2 is 1.93 bits per heavy atom. The first-order valence-electron chi connectivity index (χ1n) is 4.28. The predicted molar refractivity (Wildman–Crippen MR) is 49.1 cm³/mol. The molecule has 0 saturated heterocycles. The van der Waals surface area contributed by atoms with Crippen molar-refractivity contribution in [3.05, 3.63) is 23.8 Å². The van der Waals surface area contributed by atoms with Crippen LogP contribution in [0, 0.1) is 0 Å². The molecule has 0 aliphatic carbocycles. The highest BCUT2D eigenvalue weighted by atomic mass is 19.3. The lowest BCUT2D eigenvalue weighted by Crippen LogP contribution is -2.31. The van der Waals surface area contributed by atoms with Gasteiger partial charge in [0.15, 0.2) is 0 Å². The molecule has 0 aromatic carbocycles. The van der Waals surface area contributed by atoms with Crippen molar-refractivity contribution in [3.8, 4) is 0 Å². The molecule has 0 aliphatic heterocycles. The standard InChI is InChI=1S/C9H13F2N3/c1-9(2,5-12)7-6(8(10)11)13-3-4-14-7/h3-4,8H,5,12H2,1-2H3. The number of alkyl halides is 2. The molecule has 0 radical (unpaired) electrons. The molecular weight excluding hydrogens is 188 g/mol. The highest BCUT2D eigenvalue weighted by Gasteiger charge is 2.27. The van der Waals surface area contributed by atoms with E-state index in [1.54, 1.807) is 13.8 Å². The summed E-state index contributed by atoms with van der Waals surface area (Å²) in [4.78, 5) is 7.54. The first kappa shape index (κ1) is 11.0. The molecule has 1 aromatic heterocycles. The van der Waals surface area contributed by atoms with Crippen molar-refractivity contribution < 1.29 is 8.78 Å². The molecule has 0 fully saturated rings. The molecule has 5 heteroatoms. The molecule has 1 aromatic rings. The smallest absolute Gasteiger partial charge is 0.282 e. The zero-order chi connectivity index (χ0) is 10.8. The highest BCUT2D eigenvalue weighted by molar-refractivity contribution is 5.21. The van der Waals surface area contributed by atoms with E-state index in [1.807, 2.05) is 0 Å². The Balaban J connectivity index is 3.20. The second-order valence-corrected chi connectivity index (χ2v) is 3.68. The van der Waals surface area contributed by atoms with Crippen LogP contribution in [-0.2, 0) is 5.41 Å². The Morgan fingerprint density at radius 1 is 1.36 bits per heavy atom. The van der Waals surface area contributed by atoms with Crippen molar-refractivity contribution >= 4 is 0 Å². The Bertz CT molecular complexity index is 313.